The Morgan fingerprint density at radius 3 is 2.35 bits per heavy atom. The van der Waals surface area contributed by atoms with Crippen molar-refractivity contribution in [3.8, 4) is 0 Å². The van der Waals surface area contributed by atoms with E-state index in [-0.39, 0.29) is 0 Å². The van der Waals surface area contributed by atoms with Crippen molar-refractivity contribution in [3.63, 3.8) is 0 Å². The molecule has 1 amide bonds. The van der Waals surface area contributed by atoms with E-state index in [1.807, 2.05) is 38.4 Å². The molecule has 2 N–H and O–H groups in total. The average molecular weight is 237 g/mol. The number of hydrogen-bond acceptors (Lipinski definition) is 4. The van der Waals surface area contributed by atoms with Gasteiger partial charge in [-0.05, 0) is 38.4 Å². The summed E-state index contributed by atoms with van der Waals surface area (Å²) in [7, 11) is 5.41. The van der Waals surface area contributed by atoms with Crippen molar-refractivity contribution in [1.82, 2.24) is 4.90 Å². The summed E-state index contributed by atoms with van der Waals surface area (Å²) in [5.41, 5.74) is 1.75. The zero-order valence-corrected chi connectivity index (χ0v) is 10.5. The van der Waals surface area contributed by atoms with E-state index in [0.29, 0.717) is 0 Å². The highest BCUT2D eigenvalue weighted by Crippen LogP contribution is 2.13. The van der Waals surface area contributed by atoms with Crippen LogP contribution in [0, 0.1) is 0 Å². The van der Waals surface area contributed by atoms with E-state index in [4.69, 9.17) is 0 Å². The van der Waals surface area contributed by atoms with Gasteiger partial charge in [0.25, 0.3) is 0 Å². The number of carbonyl (C=O) groups excluding carboxylic acids is 1. The Balaban J connectivity index is 2.42. The van der Waals surface area contributed by atoms with E-state index in [0.717, 1.165) is 24.5 Å². The summed E-state index contributed by atoms with van der Waals surface area (Å²) in [4.78, 5) is 13.1. The van der Waals surface area contributed by atoms with Crippen LogP contribution in [0.3, 0.4) is 0 Å². The molecule has 0 bridgehead atoms. The monoisotopic (exact) mass is 237 g/mol. The molecule has 0 radical (unpaired) electrons. The van der Waals surface area contributed by atoms with Crippen LogP contribution in [-0.2, 0) is 4.74 Å². The highest BCUT2D eigenvalue weighted by Gasteiger charge is 1.99. The van der Waals surface area contributed by atoms with Gasteiger partial charge in [0.15, 0.2) is 0 Å². The zero-order chi connectivity index (χ0) is 12.7. The van der Waals surface area contributed by atoms with Crippen LogP contribution in [-0.4, -0.2) is 45.3 Å². The molecule has 5 nitrogen and oxygen atoms in total. The summed E-state index contributed by atoms with van der Waals surface area (Å²) in [5.74, 6) is 0. The molecule has 94 valence electrons. The average Bonchev–Trinajstić information content (AvgIpc) is 2.31. The molecule has 0 aliphatic heterocycles. The Hall–Kier alpha value is -1.75. The van der Waals surface area contributed by atoms with Gasteiger partial charge in [0.1, 0.15) is 0 Å². The predicted molar refractivity (Wildman–Crippen MR) is 69.5 cm³/mol. The molecule has 1 aromatic carbocycles. The molecule has 0 spiro atoms. The Labute approximate surface area is 102 Å². The summed E-state index contributed by atoms with van der Waals surface area (Å²) in [5, 5.41) is 5.88. The van der Waals surface area contributed by atoms with Crippen molar-refractivity contribution in [1.29, 1.82) is 0 Å². The molecule has 1 aromatic rings. The second-order valence-electron chi connectivity index (χ2n) is 3.92. The maximum atomic E-state index is 11.0. The van der Waals surface area contributed by atoms with Gasteiger partial charge in [0, 0.05) is 24.5 Å². The Morgan fingerprint density at radius 1 is 1.24 bits per heavy atom. The lowest BCUT2D eigenvalue weighted by Crippen LogP contribution is -2.20. The first-order chi connectivity index (χ1) is 8.11. The number of anilines is 2. The standard InChI is InChI=1S/C12H19N3O2/c1-15(2)9-8-13-10-4-6-11(7-5-10)14-12(16)17-3/h4-7,13H,8-9H2,1-3H3,(H,14,16). The highest BCUT2D eigenvalue weighted by atomic mass is 16.5. The minimum Gasteiger partial charge on any atom is -0.453 e. The normalized spacial score (nSPS) is 10.1. The van der Waals surface area contributed by atoms with Gasteiger partial charge < -0.3 is 15.0 Å². The molecule has 0 heterocycles. The lowest BCUT2D eigenvalue weighted by atomic mass is 10.3. The molecule has 0 aliphatic carbocycles. The second kappa shape index (κ2) is 6.75. The maximum absolute atomic E-state index is 11.0. The van der Waals surface area contributed by atoms with Gasteiger partial charge in [0.2, 0.25) is 0 Å². The van der Waals surface area contributed by atoms with E-state index in [2.05, 4.69) is 20.3 Å². The first-order valence-corrected chi connectivity index (χ1v) is 5.45. The van der Waals surface area contributed by atoms with Crippen LogP contribution >= 0.6 is 0 Å². The molecule has 0 saturated heterocycles. The molecule has 17 heavy (non-hydrogen) atoms. The number of carbonyl (C=O) groups is 1. The smallest absolute Gasteiger partial charge is 0.411 e. The quantitative estimate of drug-likeness (QED) is 0.820. The van der Waals surface area contributed by atoms with Crippen LogP contribution < -0.4 is 10.6 Å². The van der Waals surface area contributed by atoms with Crippen LogP contribution in [0.1, 0.15) is 0 Å². The number of hydrogen-bond donors (Lipinski definition) is 2. The van der Waals surface area contributed by atoms with Gasteiger partial charge in [0.05, 0.1) is 7.11 Å². The van der Waals surface area contributed by atoms with Crippen molar-refractivity contribution in [3.05, 3.63) is 24.3 Å². The number of benzene rings is 1. The number of ether oxygens (including phenoxy) is 1. The molecule has 0 aromatic heterocycles. The molecular formula is C12H19N3O2. The van der Waals surface area contributed by atoms with E-state index >= 15 is 0 Å². The first-order valence-electron chi connectivity index (χ1n) is 5.45. The third-order valence-corrected chi connectivity index (χ3v) is 2.20. The van der Waals surface area contributed by atoms with E-state index in [1.165, 1.54) is 7.11 Å². The van der Waals surface area contributed by atoms with Crippen LogP contribution in [0.5, 0.6) is 0 Å². The number of nitrogens with one attached hydrogen (secondary N) is 2. The summed E-state index contributed by atoms with van der Waals surface area (Å²) >= 11 is 0. The Bertz CT molecular complexity index is 349. The van der Waals surface area contributed by atoms with E-state index < -0.39 is 6.09 Å². The third-order valence-electron chi connectivity index (χ3n) is 2.20. The van der Waals surface area contributed by atoms with Crippen molar-refractivity contribution in [2.75, 3.05) is 44.9 Å². The molecule has 1 rings (SSSR count). The minimum atomic E-state index is -0.460. The van der Waals surface area contributed by atoms with E-state index in [9.17, 15) is 4.79 Å². The van der Waals surface area contributed by atoms with Gasteiger partial charge in [-0.1, -0.05) is 0 Å². The fraction of sp³-hybridized carbons (Fsp3) is 0.417. The second-order valence-corrected chi connectivity index (χ2v) is 3.92. The zero-order valence-electron chi connectivity index (χ0n) is 10.5. The summed E-state index contributed by atoms with van der Waals surface area (Å²) in [6, 6.07) is 7.49. The number of nitrogens with zero attached hydrogens (tertiary/aromatic N) is 1. The highest BCUT2D eigenvalue weighted by molar-refractivity contribution is 5.84. The Kier molecular flexibility index (Phi) is 5.29. The van der Waals surface area contributed by atoms with E-state index in [1.54, 1.807) is 0 Å². The van der Waals surface area contributed by atoms with Gasteiger partial charge >= 0.3 is 6.09 Å². The number of likely N-dealkylation sites (N-methyl/N-ethyl adjacent to an activating group) is 1. The molecule has 0 fully saturated rings. The summed E-state index contributed by atoms with van der Waals surface area (Å²) < 4.78 is 4.50. The fourth-order valence-electron chi connectivity index (χ4n) is 1.26. The van der Waals surface area contributed by atoms with Crippen LogP contribution in [0.2, 0.25) is 0 Å². The van der Waals surface area contributed by atoms with Gasteiger partial charge in [-0.25, -0.2) is 4.79 Å². The van der Waals surface area contributed by atoms with Gasteiger partial charge in [-0.3, -0.25) is 5.32 Å². The number of amides is 1. The fourth-order valence-corrected chi connectivity index (χ4v) is 1.26. The molecular weight excluding hydrogens is 218 g/mol. The largest absolute Gasteiger partial charge is 0.453 e. The third kappa shape index (κ3) is 5.21. The Morgan fingerprint density at radius 2 is 1.82 bits per heavy atom. The molecule has 0 atom stereocenters. The first kappa shape index (κ1) is 13.3. The molecule has 0 aliphatic rings. The molecule has 0 saturated carbocycles. The predicted octanol–water partition coefficient (Wildman–Crippen LogP) is 1.84. The number of methoxy groups -OCH3 is 1. The molecule has 0 unspecified atom stereocenters. The van der Waals surface area contributed by atoms with Gasteiger partial charge in [-0.2, -0.15) is 0 Å². The minimum absolute atomic E-state index is 0.460. The van der Waals surface area contributed by atoms with Crippen molar-refractivity contribution in [2.24, 2.45) is 0 Å². The SMILES string of the molecule is COC(=O)Nc1ccc(NCCN(C)C)cc1. The summed E-state index contributed by atoms with van der Waals surface area (Å²) in [6.07, 6.45) is -0.460. The van der Waals surface area contributed by atoms with Gasteiger partial charge in [-0.15, -0.1) is 0 Å². The van der Waals surface area contributed by atoms with Crippen molar-refractivity contribution in [2.45, 2.75) is 0 Å². The van der Waals surface area contributed by atoms with Crippen LogP contribution in [0.25, 0.3) is 0 Å². The van der Waals surface area contributed by atoms with Crippen LogP contribution in [0.15, 0.2) is 24.3 Å². The maximum Gasteiger partial charge on any atom is 0.411 e. The lowest BCUT2D eigenvalue weighted by Gasteiger charge is -2.11. The number of rotatable bonds is 5. The topological polar surface area (TPSA) is 53.6 Å². The lowest BCUT2D eigenvalue weighted by molar-refractivity contribution is 0.187. The van der Waals surface area contributed by atoms with Crippen molar-refractivity contribution >= 4 is 17.5 Å². The summed E-state index contributed by atoms with van der Waals surface area (Å²) in [6.45, 7) is 1.86. The molecule has 5 heteroatoms. The van der Waals surface area contributed by atoms with Crippen molar-refractivity contribution < 1.29 is 9.53 Å². The van der Waals surface area contributed by atoms with Crippen LogP contribution in [0.4, 0.5) is 16.2 Å².